The van der Waals surface area contributed by atoms with Gasteiger partial charge >= 0.3 is 0 Å². The molecule has 0 unspecified atom stereocenters. The van der Waals surface area contributed by atoms with E-state index < -0.39 is 0 Å². The maximum absolute atomic E-state index is 11.6. The second-order valence-corrected chi connectivity index (χ2v) is 4.70. The molecule has 0 spiro atoms. The molecule has 0 bridgehead atoms. The first-order valence-electron chi connectivity index (χ1n) is 7.69. The second-order valence-electron chi connectivity index (χ2n) is 4.70. The number of amides is 1. The van der Waals surface area contributed by atoms with Gasteiger partial charge in [0.15, 0.2) is 17.5 Å². The van der Waals surface area contributed by atoms with Gasteiger partial charge in [-0.3, -0.25) is 9.79 Å². The van der Waals surface area contributed by atoms with Gasteiger partial charge in [-0.15, -0.1) is 24.0 Å². The summed E-state index contributed by atoms with van der Waals surface area (Å²) in [4.78, 5) is 15.7. The van der Waals surface area contributed by atoms with E-state index in [1.807, 2.05) is 32.0 Å². The Kier molecular flexibility index (Phi) is 11.8. The number of nitrogens with zero attached hydrogens (tertiary/aromatic N) is 1. The van der Waals surface area contributed by atoms with E-state index >= 15 is 0 Å². The van der Waals surface area contributed by atoms with Crippen molar-refractivity contribution in [1.82, 2.24) is 10.6 Å². The van der Waals surface area contributed by atoms with Gasteiger partial charge < -0.3 is 25.4 Å². The summed E-state index contributed by atoms with van der Waals surface area (Å²) in [6.45, 7) is 5.30. The number of carbonyl (C=O) groups is 1. The third kappa shape index (κ3) is 7.71. The van der Waals surface area contributed by atoms with Crippen LogP contribution in [0.2, 0.25) is 0 Å². The maximum atomic E-state index is 11.6. The Morgan fingerprint density at radius 2 is 1.96 bits per heavy atom. The predicted molar refractivity (Wildman–Crippen MR) is 108 cm³/mol. The number of rotatable bonds is 8. The zero-order valence-electron chi connectivity index (χ0n) is 14.6. The zero-order chi connectivity index (χ0) is 17.1. The van der Waals surface area contributed by atoms with Crippen LogP contribution in [0.5, 0.6) is 11.5 Å². The van der Waals surface area contributed by atoms with Crippen LogP contribution < -0.4 is 25.4 Å². The van der Waals surface area contributed by atoms with E-state index in [0.717, 1.165) is 12.1 Å². The van der Waals surface area contributed by atoms with Crippen molar-refractivity contribution in [2.45, 2.75) is 20.3 Å². The third-order valence-corrected chi connectivity index (χ3v) is 2.94. The van der Waals surface area contributed by atoms with Gasteiger partial charge in [0.25, 0.3) is 0 Å². The molecule has 1 rings (SSSR count). The summed E-state index contributed by atoms with van der Waals surface area (Å²) in [7, 11) is 3.24. The number of methoxy groups -OCH3 is 1. The zero-order valence-corrected chi connectivity index (χ0v) is 17.0. The van der Waals surface area contributed by atoms with E-state index in [1.54, 1.807) is 14.2 Å². The summed E-state index contributed by atoms with van der Waals surface area (Å²) in [5, 5.41) is 8.87. The Bertz CT molecular complexity index is 538. The van der Waals surface area contributed by atoms with Gasteiger partial charge in [0, 0.05) is 25.3 Å². The highest BCUT2D eigenvalue weighted by Gasteiger charge is 2.08. The van der Waals surface area contributed by atoms with Crippen LogP contribution in [-0.4, -0.2) is 45.7 Å². The number of nitrogens with one attached hydrogen (secondary N) is 3. The summed E-state index contributed by atoms with van der Waals surface area (Å²) in [6, 6.07) is 5.49. The lowest BCUT2D eigenvalue weighted by atomic mass is 10.2. The van der Waals surface area contributed by atoms with Gasteiger partial charge in [-0.25, -0.2) is 0 Å². The molecule has 0 aliphatic heterocycles. The minimum absolute atomic E-state index is 0. The van der Waals surface area contributed by atoms with Crippen LogP contribution in [0.15, 0.2) is 23.2 Å². The summed E-state index contributed by atoms with van der Waals surface area (Å²) in [6.07, 6.45) is 0.908. The first-order chi connectivity index (χ1) is 11.1. The van der Waals surface area contributed by atoms with Gasteiger partial charge in [-0.1, -0.05) is 6.92 Å². The molecule has 0 radical (unpaired) electrons. The number of aliphatic imine (C=N–C) groups is 1. The molecule has 3 N–H and O–H groups in total. The molecule has 24 heavy (non-hydrogen) atoms. The van der Waals surface area contributed by atoms with E-state index in [0.29, 0.717) is 30.6 Å². The lowest BCUT2D eigenvalue weighted by Crippen LogP contribution is -2.40. The number of guanidine groups is 1. The molecule has 8 heteroatoms. The summed E-state index contributed by atoms with van der Waals surface area (Å²) >= 11 is 0. The minimum Gasteiger partial charge on any atom is -0.493 e. The molecular formula is C16H27IN4O3. The Morgan fingerprint density at radius 3 is 2.54 bits per heavy atom. The fourth-order valence-electron chi connectivity index (χ4n) is 1.83. The molecular weight excluding hydrogens is 423 g/mol. The van der Waals surface area contributed by atoms with Crippen LogP contribution in [0.3, 0.4) is 0 Å². The van der Waals surface area contributed by atoms with E-state index in [4.69, 9.17) is 9.47 Å². The third-order valence-electron chi connectivity index (χ3n) is 2.94. The highest BCUT2D eigenvalue weighted by atomic mass is 127. The Morgan fingerprint density at radius 1 is 1.21 bits per heavy atom. The van der Waals surface area contributed by atoms with Crippen LogP contribution >= 0.6 is 24.0 Å². The van der Waals surface area contributed by atoms with Crippen molar-refractivity contribution in [3.8, 4) is 11.5 Å². The Balaban J connectivity index is 0.00000529. The molecule has 0 aliphatic carbocycles. The molecule has 0 atom stereocenters. The SMILES string of the molecule is CCCNC(=O)CNC(=NC)Nc1ccc(OC)c(OCC)c1.I. The quantitative estimate of drug-likeness (QED) is 0.322. The van der Waals surface area contributed by atoms with Gasteiger partial charge in [0.2, 0.25) is 5.91 Å². The van der Waals surface area contributed by atoms with Crippen LogP contribution in [0.1, 0.15) is 20.3 Å². The minimum atomic E-state index is -0.0699. The number of anilines is 1. The summed E-state index contributed by atoms with van der Waals surface area (Å²) in [5.41, 5.74) is 0.788. The van der Waals surface area contributed by atoms with Crippen molar-refractivity contribution in [2.75, 3.05) is 39.2 Å². The topological polar surface area (TPSA) is 84.0 Å². The van der Waals surface area contributed by atoms with Crippen molar-refractivity contribution < 1.29 is 14.3 Å². The first kappa shape index (κ1) is 22.3. The normalized spacial score (nSPS) is 10.4. The number of halogens is 1. The molecule has 1 aromatic rings. The van der Waals surface area contributed by atoms with Crippen molar-refractivity contribution in [3.63, 3.8) is 0 Å². The second kappa shape index (κ2) is 12.7. The molecule has 0 saturated carbocycles. The molecule has 0 aliphatic rings. The van der Waals surface area contributed by atoms with E-state index in [2.05, 4.69) is 20.9 Å². The maximum Gasteiger partial charge on any atom is 0.239 e. The highest BCUT2D eigenvalue weighted by molar-refractivity contribution is 14.0. The van der Waals surface area contributed by atoms with Gasteiger partial charge in [-0.2, -0.15) is 0 Å². The largest absolute Gasteiger partial charge is 0.493 e. The molecule has 0 heterocycles. The number of hydrogen-bond acceptors (Lipinski definition) is 4. The van der Waals surface area contributed by atoms with Gasteiger partial charge in [0.1, 0.15) is 0 Å². The number of carbonyl (C=O) groups excluding carboxylic acids is 1. The highest BCUT2D eigenvalue weighted by Crippen LogP contribution is 2.30. The summed E-state index contributed by atoms with van der Waals surface area (Å²) < 4.78 is 10.8. The first-order valence-corrected chi connectivity index (χ1v) is 7.69. The fourth-order valence-corrected chi connectivity index (χ4v) is 1.83. The molecule has 0 saturated heterocycles. The standard InChI is InChI=1S/C16H26N4O3.HI/c1-5-9-18-15(21)11-19-16(17-3)20-12-7-8-13(22-4)14(10-12)23-6-2;/h7-8,10H,5-6,9,11H2,1-4H3,(H,18,21)(H2,17,19,20);1H. The van der Waals surface area contributed by atoms with Crippen LogP contribution in [0.25, 0.3) is 0 Å². The van der Waals surface area contributed by atoms with E-state index in [1.165, 1.54) is 0 Å². The molecule has 7 nitrogen and oxygen atoms in total. The molecule has 1 aromatic carbocycles. The van der Waals surface area contributed by atoms with Crippen LogP contribution in [0, 0.1) is 0 Å². The van der Waals surface area contributed by atoms with Gasteiger partial charge in [-0.05, 0) is 25.5 Å². The Hall–Kier alpha value is -1.71. The Labute approximate surface area is 160 Å². The van der Waals surface area contributed by atoms with Gasteiger partial charge in [0.05, 0.1) is 20.3 Å². The van der Waals surface area contributed by atoms with E-state index in [-0.39, 0.29) is 36.4 Å². The number of ether oxygens (including phenoxy) is 2. The van der Waals surface area contributed by atoms with Crippen molar-refractivity contribution in [2.24, 2.45) is 4.99 Å². The van der Waals surface area contributed by atoms with Crippen LogP contribution in [0.4, 0.5) is 5.69 Å². The molecule has 0 fully saturated rings. The fraction of sp³-hybridized carbons (Fsp3) is 0.500. The predicted octanol–water partition coefficient (Wildman–Crippen LogP) is 2.23. The average molecular weight is 450 g/mol. The average Bonchev–Trinajstić information content (AvgIpc) is 2.57. The lowest BCUT2D eigenvalue weighted by molar-refractivity contribution is -0.119. The number of hydrogen-bond donors (Lipinski definition) is 3. The summed E-state index contributed by atoms with van der Waals surface area (Å²) in [5.74, 6) is 1.75. The monoisotopic (exact) mass is 450 g/mol. The lowest BCUT2D eigenvalue weighted by Gasteiger charge is -2.14. The number of benzene rings is 1. The smallest absolute Gasteiger partial charge is 0.239 e. The van der Waals surface area contributed by atoms with Crippen molar-refractivity contribution in [3.05, 3.63) is 18.2 Å². The van der Waals surface area contributed by atoms with E-state index in [9.17, 15) is 4.79 Å². The molecule has 1 amide bonds. The van der Waals surface area contributed by atoms with Crippen molar-refractivity contribution >= 4 is 41.5 Å². The molecule has 0 aromatic heterocycles. The van der Waals surface area contributed by atoms with Crippen molar-refractivity contribution in [1.29, 1.82) is 0 Å². The van der Waals surface area contributed by atoms with Crippen LogP contribution in [-0.2, 0) is 4.79 Å². The molecule has 136 valence electrons.